The van der Waals surface area contributed by atoms with Crippen LogP contribution in [0.1, 0.15) is 18.2 Å². The predicted molar refractivity (Wildman–Crippen MR) is 63.6 cm³/mol. The van der Waals surface area contributed by atoms with Gasteiger partial charge in [-0.1, -0.05) is 0 Å². The second-order valence-electron chi connectivity index (χ2n) is 4.17. The minimum atomic E-state index is 0.105. The Hall–Kier alpha value is -1.04. The first kappa shape index (κ1) is 12.4. The average Bonchev–Trinajstić information content (AvgIpc) is 2.84. The van der Waals surface area contributed by atoms with E-state index in [0.717, 1.165) is 38.4 Å². The lowest BCUT2D eigenvalue weighted by atomic mass is 9.99. The quantitative estimate of drug-likeness (QED) is 0.741. The molecule has 2 rings (SSSR count). The van der Waals surface area contributed by atoms with E-state index in [1.54, 1.807) is 19.6 Å². The normalized spacial score (nSPS) is 24.1. The van der Waals surface area contributed by atoms with Crippen LogP contribution in [0.2, 0.25) is 0 Å². The smallest absolute Gasteiger partial charge is 0.115 e. The first-order valence-corrected chi connectivity index (χ1v) is 5.99. The fraction of sp³-hybridized carbons (Fsp3) is 0.667. The Bertz CT molecular complexity index is 321. The van der Waals surface area contributed by atoms with Crippen LogP contribution in [-0.4, -0.2) is 43.4 Å². The zero-order chi connectivity index (χ0) is 11.9. The molecule has 1 aliphatic rings. The van der Waals surface area contributed by atoms with Gasteiger partial charge in [-0.2, -0.15) is 0 Å². The minimum absolute atomic E-state index is 0.105. The van der Waals surface area contributed by atoms with Crippen molar-refractivity contribution < 1.29 is 9.47 Å². The van der Waals surface area contributed by atoms with E-state index in [0.29, 0.717) is 5.92 Å². The van der Waals surface area contributed by atoms with Gasteiger partial charge in [-0.25, -0.2) is 9.97 Å². The van der Waals surface area contributed by atoms with Crippen LogP contribution in [0.3, 0.4) is 0 Å². The van der Waals surface area contributed by atoms with Crippen LogP contribution < -0.4 is 5.32 Å². The molecule has 5 nitrogen and oxygen atoms in total. The van der Waals surface area contributed by atoms with Crippen LogP contribution in [0.4, 0.5) is 0 Å². The van der Waals surface area contributed by atoms with Crippen molar-refractivity contribution >= 4 is 0 Å². The van der Waals surface area contributed by atoms with Crippen molar-refractivity contribution in [1.82, 2.24) is 15.3 Å². The Labute approximate surface area is 102 Å². The monoisotopic (exact) mass is 237 g/mol. The van der Waals surface area contributed by atoms with E-state index < -0.39 is 0 Å². The van der Waals surface area contributed by atoms with Crippen LogP contribution in [-0.2, 0) is 9.47 Å². The zero-order valence-electron chi connectivity index (χ0n) is 10.1. The van der Waals surface area contributed by atoms with E-state index in [1.807, 2.05) is 6.07 Å². The number of aromatic nitrogens is 2. The van der Waals surface area contributed by atoms with Crippen molar-refractivity contribution in [3.05, 3.63) is 24.3 Å². The summed E-state index contributed by atoms with van der Waals surface area (Å²) in [7, 11) is 1.71. The fourth-order valence-electron chi connectivity index (χ4n) is 2.10. The molecule has 0 spiro atoms. The third-order valence-electron chi connectivity index (χ3n) is 3.00. The van der Waals surface area contributed by atoms with Crippen molar-refractivity contribution in [2.75, 3.05) is 33.4 Å². The van der Waals surface area contributed by atoms with E-state index in [4.69, 9.17) is 9.47 Å². The fourth-order valence-corrected chi connectivity index (χ4v) is 2.10. The SMILES string of the molecule is COCCNCC1CCOC1c1ccncn1. The number of hydrogen-bond acceptors (Lipinski definition) is 5. The molecule has 1 aliphatic heterocycles. The molecule has 2 unspecified atom stereocenters. The lowest BCUT2D eigenvalue weighted by molar-refractivity contribution is 0.0863. The molecule has 0 bridgehead atoms. The molecule has 1 aromatic rings. The lowest BCUT2D eigenvalue weighted by Gasteiger charge is -2.18. The van der Waals surface area contributed by atoms with Gasteiger partial charge in [-0.15, -0.1) is 0 Å². The zero-order valence-corrected chi connectivity index (χ0v) is 10.1. The third-order valence-corrected chi connectivity index (χ3v) is 3.00. The summed E-state index contributed by atoms with van der Waals surface area (Å²) < 4.78 is 10.8. The van der Waals surface area contributed by atoms with E-state index in [-0.39, 0.29) is 6.10 Å². The molecule has 1 N–H and O–H groups in total. The molecule has 1 fully saturated rings. The highest BCUT2D eigenvalue weighted by atomic mass is 16.5. The van der Waals surface area contributed by atoms with Crippen molar-refractivity contribution in [3.63, 3.8) is 0 Å². The number of ether oxygens (including phenoxy) is 2. The Morgan fingerprint density at radius 3 is 3.29 bits per heavy atom. The van der Waals surface area contributed by atoms with E-state index in [9.17, 15) is 0 Å². The number of rotatable bonds is 6. The van der Waals surface area contributed by atoms with Crippen molar-refractivity contribution in [3.8, 4) is 0 Å². The Morgan fingerprint density at radius 1 is 1.59 bits per heavy atom. The molecule has 5 heteroatoms. The summed E-state index contributed by atoms with van der Waals surface area (Å²) in [6.45, 7) is 3.37. The van der Waals surface area contributed by atoms with E-state index in [1.165, 1.54) is 0 Å². The second-order valence-corrected chi connectivity index (χ2v) is 4.17. The van der Waals surface area contributed by atoms with Crippen molar-refractivity contribution in [2.24, 2.45) is 5.92 Å². The third kappa shape index (κ3) is 3.46. The molecule has 1 saturated heterocycles. The maximum absolute atomic E-state index is 5.75. The van der Waals surface area contributed by atoms with Gasteiger partial charge in [0.1, 0.15) is 12.4 Å². The molecule has 1 aromatic heterocycles. The van der Waals surface area contributed by atoms with Gasteiger partial charge in [0.2, 0.25) is 0 Å². The van der Waals surface area contributed by atoms with Gasteiger partial charge >= 0.3 is 0 Å². The first-order valence-electron chi connectivity index (χ1n) is 5.99. The number of hydrogen-bond donors (Lipinski definition) is 1. The topological polar surface area (TPSA) is 56.3 Å². The Morgan fingerprint density at radius 2 is 2.53 bits per heavy atom. The molecule has 0 aromatic carbocycles. The Balaban J connectivity index is 1.85. The Kier molecular flexibility index (Phi) is 4.85. The van der Waals surface area contributed by atoms with Crippen molar-refractivity contribution in [2.45, 2.75) is 12.5 Å². The van der Waals surface area contributed by atoms with E-state index >= 15 is 0 Å². The maximum Gasteiger partial charge on any atom is 0.115 e. The summed E-state index contributed by atoms with van der Waals surface area (Å²) in [6, 6.07) is 1.93. The molecular formula is C12H19N3O2. The maximum atomic E-state index is 5.75. The second kappa shape index (κ2) is 6.64. The molecule has 0 radical (unpaired) electrons. The predicted octanol–water partition coefficient (Wildman–Crippen LogP) is 0.790. The summed E-state index contributed by atoms with van der Waals surface area (Å²) >= 11 is 0. The summed E-state index contributed by atoms with van der Waals surface area (Å²) in [5, 5.41) is 3.38. The van der Waals surface area contributed by atoms with Gasteiger partial charge in [0.05, 0.1) is 12.3 Å². The van der Waals surface area contributed by atoms with Crippen LogP contribution >= 0.6 is 0 Å². The summed E-state index contributed by atoms with van der Waals surface area (Å²) in [4.78, 5) is 8.20. The standard InChI is InChI=1S/C12H19N3O2/c1-16-7-5-13-8-10-3-6-17-12(10)11-2-4-14-9-15-11/h2,4,9-10,12-13H,3,5-8H2,1H3. The number of nitrogens with zero attached hydrogens (tertiary/aromatic N) is 2. The van der Waals surface area contributed by atoms with Gasteiger partial charge in [-0.05, 0) is 12.5 Å². The minimum Gasteiger partial charge on any atom is -0.383 e. The van der Waals surface area contributed by atoms with Gasteiger partial charge in [-0.3, -0.25) is 0 Å². The van der Waals surface area contributed by atoms with Crippen LogP contribution in [0.5, 0.6) is 0 Å². The van der Waals surface area contributed by atoms with Gasteiger partial charge in [0.25, 0.3) is 0 Å². The van der Waals surface area contributed by atoms with Crippen molar-refractivity contribution in [1.29, 1.82) is 0 Å². The average molecular weight is 237 g/mol. The highest BCUT2D eigenvalue weighted by Crippen LogP contribution is 2.32. The highest BCUT2D eigenvalue weighted by Gasteiger charge is 2.30. The van der Waals surface area contributed by atoms with Gasteiger partial charge in [0.15, 0.2) is 0 Å². The lowest BCUT2D eigenvalue weighted by Crippen LogP contribution is -2.27. The molecular weight excluding hydrogens is 218 g/mol. The molecule has 2 atom stereocenters. The van der Waals surface area contributed by atoms with Crippen LogP contribution in [0.25, 0.3) is 0 Å². The number of nitrogens with one attached hydrogen (secondary N) is 1. The number of methoxy groups -OCH3 is 1. The molecule has 0 aliphatic carbocycles. The highest BCUT2D eigenvalue weighted by molar-refractivity contribution is 5.05. The molecule has 0 amide bonds. The van der Waals surface area contributed by atoms with E-state index in [2.05, 4.69) is 15.3 Å². The van der Waals surface area contributed by atoms with Gasteiger partial charge in [0, 0.05) is 38.9 Å². The summed E-state index contributed by atoms with van der Waals surface area (Å²) in [6.07, 6.45) is 4.52. The molecule has 94 valence electrons. The van der Waals surface area contributed by atoms with Gasteiger partial charge < -0.3 is 14.8 Å². The van der Waals surface area contributed by atoms with Crippen LogP contribution in [0, 0.1) is 5.92 Å². The van der Waals surface area contributed by atoms with Crippen LogP contribution in [0.15, 0.2) is 18.6 Å². The summed E-state index contributed by atoms with van der Waals surface area (Å²) in [5.41, 5.74) is 0.982. The molecule has 0 saturated carbocycles. The molecule has 2 heterocycles. The largest absolute Gasteiger partial charge is 0.383 e. The summed E-state index contributed by atoms with van der Waals surface area (Å²) in [5.74, 6) is 0.488. The molecule has 17 heavy (non-hydrogen) atoms. The first-order chi connectivity index (χ1) is 8.42.